The molecule has 1 saturated heterocycles. The second kappa shape index (κ2) is 5.01. The molecule has 3 heterocycles. The number of para-hydroxylation sites is 1. The van der Waals surface area contributed by atoms with Crippen LogP contribution < -0.4 is 10.1 Å². The van der Waals surface area contributed by atoms with E-state index in [-0.39, 0.29) is 5.60 Å². The number of benzene rings is 1. The number of hydrogen-bond donors (Lipinski definition) is 1. The fraction of sp³-hybridized carbons (Fsp3) is 0.278. The summed E-state index contributed by atoms with van der Waals surface area (Å²) in [5.74, 6) is 0.997. The van der Waals surface area contributed by atoms with Crippen LogP contribution in [0.3, 0.4) is 0 Å². The Labute approximate surface area is 124 Å². The third-order valence-electron chi connectivity index (χ3n) is 4.42. The number of piperidine rings is 1. The lowest BCUT2D eigenvalue weighted by atomic mass is 9.78. The molecule has 4 rings (SSSR count). The zero-order chi connectivity index (χ0) is 14.1. The lowest BCUT2D eigenvalue weighted by Gasteiger charge is -2.42. The highest BCUT2D eigenvalue weighted by Crippen LogP contribution is 2.44. The maximum absolute atomic E-state index is 6.50. The zero-order valence-corrected chi connectivity index (χ0v) is 11.9. The zero-order valence-electron chi connectivity index (χ0n) is 11.9. The second-order valence-electron chi connectivity index (χ2n) is 5.68. The molecule has 1 N–H and O–H groups in total. The molecular weight excluding hydrogens is 260 g/mol. The Kier molecular flexibility index (Phi) is 3.00. The highest BCUT2D eigenvalue weighted by molar-refractivity contribution is 5.89. The molecule has 0 atom stereocenters. The Balaban J connectivity index is 1.87. The number of nitrogens with zero attached hydrogens (tertiary/aromatic N) is 1. The summed E-state index contributed by atoms with van der Waals surface area (Å²) in [4.78, 5) is 4.14. The number of ether oxygens (including phenoxy) is 1. The van der Waals surface area contributed by atoms with Crippen LogP contribution in [0.15, 0.2) is 48.8 Å². The van der Waals surface area contributed by atoms with Crippen LogP contribution in [0, 0.1) is 0 Å². The molecule has 2 aliphatic heterocycles. The average molecular weight is 278 g/mol. The van der Waals surface area contributed by atoms with Crippen molar-refractivity contribution < 1.29 is 4.74 Å². The van der Waals surface area contributed by atoms with Crippen LogP contribution in [0.1, 0.15) is 24.0 Å². The molecule has 1 aromatic carbocycles. The topological polar surface area (TPSA) is 34.2 Å². The Morgan fingerprint density at radius 1 is 1.00 bits per heavy atom. The summed E-state index contributed by atoms with van der Waals surface area (Å²) in [7, 11) is 0. The van der Waals surface area contributed by atoms with Crippen LogP contribution in [0.5, 0.6) is 5.75 Å². The minimum absolute atomic E-state index is 0.207. The molecule has 2 aliphatic rings. The first-order chi connectivity index (χ1) is 10.4. The van der Waals surface area contributed by atoms with Crippen molar-refractivity contribution in [1.29, 1.82) is 0 Å². The first-order valence-corrected chi connectivity index (χ1v) is 7.49. The van der Waals surface area contributed by atoms with Crippen LogP contribution in [-0.4, -0.2) is 23.7 Å². The fourth-order valence-corrected chi connectivity index (χ4v) is 3.33. The average Bonchev–Trinajstić information content (AvgIpc) is 2.56. The van der Waals surface area contributed by atoms with Gasteiger partial charge in [-0.1, -0.05) is 18.2 Å². The van der Waals surface area contributed by atoms with E-state index in [1.165, 1.54) is 11.1 Å². The number of nitrogens with one attached hydrogen (secondary N) is 1. The molecule has 0 unspecified atom stereocenters. The Morgan fingerprint density at radius 2 is 1.76 bits per heavy atom. The maximum atomic E-state index is 6.50. The molecule has 1 fully saturated rings. The van der Waals surface area contributed by atoms with Crippen LogP contribution in [0.2, 0.25) is 0 Å². The van der Waals surface area contributed by atoms with E-state index >= 15 is 0 Å². The molecule has 0 aliphatic carbocycles. The summed E-state index contributed by atoms with van der Waals surface area (Å²) in [6.45, 7) is 1.98. The minimum Gasteiger partial charge on any atom is -0.482 e. The number of pyridine rings is 1. The Hall–Kier alpha value is -2.13. The molecule has 21 heavy (non-hydrogen) atoms. The van der Waals surface area contributed by atoms with Gasteiger partial charge < -0.3 is 10.1 Å². The van der Waals surface area contributed by atoms with E-state index in [9.17, 15) is 0 Å². The van der Waals surface area contributed by atoms with Gasteiger partial charge in [0.2, 0.25) is 0 Å². The smallest absolute Gasteiger partial charge is 0.137 e. The molecule has 3 nitrogen and oxygen atoms in total. The van der Waals surface area contributed by atoms with Gasteiger partial charge in [-0.2, -0.15) is 0 Å². The summed E-state index contributed by atoms with van der Waals surface area (Å²) < 4.78 is 6.50. The number of fused-ring (bicyclic) bond motifs is 1. The predicted molar refractivity (Wildman–Crippen MR) is 84.0 cm³/mol. The molecule has 1 aromatic heterocycles. The minimum atomic E-state index is -0.207. The number of aromatic nitrogens is 1. The van der Waals surface area contributed by atoms with E-state index in [0.717, 1.165) is 37.2 Å². The monoisotopic (exact) mass is 278 g/mol. The summed E-state index contributed by atoms with van der Waals surface area (Å²) >= 11 is 0. The molecule has 2 aromatic rings. The van der Waals surface area contributed by atoms with Gasteiger partial charge in [-0.3, -0.25) is 4.98 Å². The highest BCUT2D eigenvalue weighted by atomic mass is 16.5. The molecule has 106 valence electrons. The quantitative estimate of drug-likeness (QED) is 0.870. The van der Waals surface area contributed by atoms with Crippen molar-refractivity contribution in [2.45, 2.75) is 18.4 Å². The SMILES string of the molecule is C1=C(c2ccncc2)C2(CCNCC2)Oc2ccccc21. The van der Waals surface area contributed by atoms with Gasteiger partial charge in [-0.25, -0.2) is 0 Å². The van der Waals surface area contributed by atoms with Crippen molar-refractivity contribution in [3.63, 3.8) is 0 Å². The first-order valence-electron chi connectivity index (χ1n) is 7.49. The standard InChI is InChI=1S/C18H18N2O/c1-2-4-17-15(3-1)13-16(14-5-9-19-10-6-14)18(21-17)7-11-20-12-8-18/h1-6,9-10,13,20H,7-8,11-12H2. The normalized spacial score (nSPS) is 19.5. The van der Waals surface area contributed by atoms with Crippen molar-refractivity contribution in [1.82, 2.24) is 10.3 Å². The van der Waals surface area contributed by atoms with Gasteiger partial charge in [0, 0.05) is 36.4 Å². The summed E-state index contributed by atoms with van der Waals surface area (Å²) in [6, 6.07) is 12.4. The van der Waals surface area contributed by atoms with Gasteiger partial charge in [-0.05, 0) is 42.9 Å². The largest absolute Gasteiger partial charge is 0.482 e. The van der Waals surface area contributed by atoms with Crippen molar-refractivity contribution in [3.8, 4) is 5.75 Å². The van der Waals surface area contributed by atoms with Gasteiger partial charge in [0.15, 0.2) is 0 Å². The fourth-order valence-electron chi connectivity index (χ4n) is 3.33. The maximum Gasteiger partial charge on any atom is 0.137 e. The van der Waals surface area contributed by atoms with Gasteiger partial charge in [-0.15, -0.1) is 0 Å². The highest BCUT2D eigenvalue weighted by Gasteiger charge is 2.41. The summed E-state index contributed by atoms with van der Waals surface area (Å²) in [6.07, 6.45) is 7.99. The van der Waals surface area contributed by atoms with E-state index in [1.54, 1.807) is 0 Å². The van der Waals surface area contributed by atoms with Crippen molar-refractivity contribution in [2.24, 2.45) is 0 Å². The number of rotatable bonds is 1. The summed E-state index contributed by atoms with van der Waals surface area (Å²) in [5.41, 5.74) is 3.45. The first kappa shape index (κ1) is 12.6. The van der Waals surface area contributed by atoms with Crippen LogP contribution >= 0.6 is 0 Å². The third kappa shape index (κ3) is 2.14. The van der Waals surface area contributed by atoms with Crippen molar-refractivity contribution in [3.05, 3.63) is 59.9 Å². The van der Waals surface area contributed by atoms with Gasteiger partial charge in [0.1, 0.15) is 11.4 Å². The Bertz CT molecular complexity index is 673. The molecule has 3 heteroatoms. The lowest BCUT2D eigenvalue weighted by Crippen LogP contribution is -2.48. The molecule has 0 amide bonds. The van der Waals surface area contributed by atoms with Crippen molar-refractivity contribution in [2.75, 3.05) is 13.1 Å². The van der Waals surface area contributed by atoms with E-state index in [1.807, 2.05) is 18.5 Å². The Morgan fingerprint density at radius 3 is 2.57 bits per heavy atom. The van der Waals surface area contributed by atoms with E-state index in [4.69, 9.17) is 4.74 Å². The molecular formula is C18H18N2O. The van der Waals surface area contributed by atoms with Gasteiger partial charge in [0.25, 0.3) is 0 Å². The molecule has 0 bridgehead atoms. The van der Waals surface area contributed by atoms with E-state index < -0.39 is 0 Å². The number of hydrogen-bond acceptors (Lipinski definition) is 3. The van der Waals surface area contributed by atoms with Crippen LogP contribution in [0.25, 0.3) is 11.6 Å². The summed E-state index contributed by atoms with van der Waals surface area (Å²) in [5, 5.41) is 3.43. The molecule has 0 radical (unpaired) electrons. The van der Waals surface area contributed by atoms with Gasteiger partial charge in [0.05, 0.1) is 0 Å². The van der Waals surface area contributed by atoms with Crippen LogP contribution in [0.4, 0.5) is 0 Å². The third-order valence-corrected chi connectivity index (χ3v) is 4.42. The van der Waals surface area contributed by atoms with E-state index in [0.29, 0.717) is 0 Å². The van der Waals surface area contributed by atoms with Gasteiger partial charge >= 0.3 is 0 Å². The van der Waals surface area contributed by atoms with E-state index in [2.05, 4.69) is 46.7 Å². The second-order valence-corrected chi connectivity index (χ2v) is 5.68. The predicted octanol–water partition coefficient (Wildman–Crippen LogP) is 3.14. The lowest BCUT2D eigenvalue weighted by molar-refractivity contribution is 0.0924. The van der Waals surface area contributed by atoms with Crippen LogP contribution in [-0.2, 0) is 0 Å². The van der Waals surface area contributed by atoms with Crippen molar-refractivity contribution >= 4 is 11.6 Å². The molecule has 0 saturated carbocycles. The molecule has 1 spiro atoms.